The lowest BCUT2D eigenvalue weighted by Crippen LogP contribution is -2.51. The number of benzene rings is 2. The number of amides is 1. The molecule has 0 radical (unpaired) electrons. The van der Waals surface area contributed by atoms with E-state index in [4.69, 9.17) is 4.74 Å². The summed E-state index contributed by atoms with van der Waals surface area (Å²) in [5.41, 5.74) is 2.05. The van der Waals surface area contributed by atoms with Gasteiger partial charge in [-0.1, -0.05) is 43.3 Å². The lowest BCUT2D eigenvalue weighted by Gasteiger charge is -2.26. The van der Waals surface area contributed by atoms with Gasteiger partial charge < -0.3 is 30.7 Å². The molecule has 0 fully saturated rings. The van der Waals surface area contributed by atoms with Crippen molar-refractivity contribution in [2.75, 3.05) is 13.7 Å². The van der Waals surface area contributed by atoms with Crippen molar-refractivity contribution in [3.63, 3.8) is 0 Å². The highest BCUT2D eigenvalue weighted by molar-refractivity contribution is 5.86. The second kappa shape index (κ2) is 14.3. The first-order chi connectivity index (χ1) is 16.7. The molecule has 4 atom stereocenters. The van der Waals surface area contributed by atoms with E-state index in [1.54, 1.807) is 19.1 Å². The van der Waals surface area contributed by atoms with Gasteiger partial charge >= 0.3 is 5.97 Å². The van der Waals surface area contributed by atoms with Gasteiger partial charge in [0.1, 0.15) is 0 Å². The average molecular weight is 487 g/mol. The van der Waals surface area contributed by atoms with Crippen molar-refractivity contribution in [1.29, 1.82) is 0 Å². The van der Waals surface area contributed by atoms with Crippen molar-refractivity contribution < 1.29 is 29.6 Å². The van der Waals surface area contributed by atoms with Crippen LogP contribution >= 0.6 is 0 Å². The van der Waals surface area contributed by atoms with E-state index in [1.807, 2.05) is 36.4 Å². The number of aromatic hydroxyl groups is 1. The van der Waals surface area contributed by atoms with Gasteiger partial charge in [0, 0.05) is 0 Å². The van der Waals surface area contributed by atoms with Crippen LogP contribution in [0.4, 0.5) is 0 Å². The molecule has 0 spiro atoms. The molecule has 2 aromatic carbocycles. The number of methoxy groups -OCH3 is 1. The molecular formula is C27H38N2O6. The molecular weight excluding hydrogens is 448 g/mol. The van der Waals surface area contributed by atoms with E-state index in [2.05, 4.69) is 17.6 Å². The fourth-order valence-corrected chi connectivity index (χ4v) is 4.07. The topological polar surface area (TPSA) is 128 Å². The Morgan fingerprint density at radius 2 is 1.83 bits per heavy atom. The van der Waals surface area contributed by atoms with E-state index in [-0.39, 0.29) is 18.1 Å². The zero-order valence-corrected chi connectivity index (χ0v) is 20.7. The summed E-state index contributed by atoms with van der Waals surface area (Å²) in [5.74, 6) is -0.910. The predicted octanol–water partition coefficient (Wildman–Crippen LogP) is 3.22. The van der Waals surface area contributed by atoms with Gasteiger partial charge in [0.05, 0.1) is 31.7 Å². The third-order valence-corrected chi connectivity index (χ3v) is 6.21. The Bertz CT molecular complexity index is 937. The van der Waals surface area contributed by atoms with Crippen LogP contribution in [-0.4, -0.2) is 59.0 Å². The van der Waals surface area contributed by atoms with E-state index in [0.717, 1.165) is 17.5 Å². The number of aliphatic hydroxyl groups excluding tert-OH is 1. The highest BCUT2D eigenvalue weighted by Gasteiger charge is 2.26. The highest BCUT2D eigenvalue weighted by Crippen LogP contribution is 2.27. The van der Waals surface area contributed by atoms with E-state index < -0.39 is 30.1 Å². The van der Waals surface area contributed by atoms with Crippen LogP contribution in [0.3, 0.4) is 0 Å². The van der Waals surface area contributed by atoms with Gasteiger partial charge in [0.2, 0.25) is 5.91 Å². The minimum Gasteiger partial charge on any atom is -0.504 e. The molecule has 1 amide bonds. The van der Waals surface area contributed by atoms with E-state index in [0.29, 0.717) is 31.6 Å². The molecule has 2 rings (SSSR count). The molecule has 0 heterocycles. The Labute approximate surface area is 207 Å². The van der Waals surface area contributed by atoms with Crippen molar-refractivity contribution in [2.24, 2.45) is 0 Å². The van der Waals surface area contributed by atoms with Crippen molar-refractivity contribution >= 4 is 11.9 Å². The monoisotopic (exact) mass is 486 g/mol. The zero-order valence-electron chi connectivity index (χ0n) is 20.7. The molecule has 192 valence electrons. The van der Waals surface area contributed by atoms with Crippen molar-refractivity contribution in [3.05, 3.63) is 59.7 Å². The third-order valence-electron chi connectivity index (χ3n) is 6.21. The van der Waals surface area contributed by atoms with Gasteiger partial charge in [0.25, 0.3) is 0 Å². The van der Waals surface area contributed by atoms with Gasteiger partial charge in [-0.15, -0.1) is 0 Å². The molecule has 0 bridgehead atoms. The fraction of sp³-hybridized carbons (Fsp3) is 0.481. The van der Waals surface area contributed by atoms with Crippen LogP contribution in [0.5, 0.6) is 11.5 Å². The number of aliphatic hydroxyl groups is 1. The van der Waals surface area contributed by atoms with Crippen LogP contribution < -0.4 is 15.4 Å². The Kier molecular flexibility index (Phi) is 11.5. The number of carbonyl (C=O) groups is 2. The molecule has 0 aliphatic rings. The molecule has 0 aromatic heterocycles. The molecule has 2 aromatic rings. The van der Waals surface area contributed by atoms with Gasteiger partial charge in [0.15, 0.2) is 11.5 Å². The van der Waals surface area contributed by atoms with Gasteiger partial charge in [-0.25, -0.2) is 0 Å². The second-order valence-electron chi connectivity index (χ2n) is 8.83. The summed E-state index contributed by atoms with van der Waals surface area (Å²) in [5, 5.41) is 35.7. The quantitative estimate of drug-likeness (QED) is 0.245. The number of hydrogen-bond donors (Lipinski definition) is 5. The number of phenolic OH excluding ortho intramolecular Hbond substituents is 1. The van der Waals surface area contributed by atoms with Crippen molar-refractivity contribution in [3.8, 4) is 11.5 Å². The predicted molar refractivity (Wildman–Crippen MR) is 135 cm³/mol. The van der Waals surface area contributed by atoms with Gasteiger partial charge in [-0.05, 0) is 68.3 Å². The number of aryl methyl sites for hydroxylation is 1. The smallest absolute Gasteiger partial charge is 0.305 e. The first kappa shape index (κ1) is 28.1. The van der Waals surface area contributed by atoms with Crippen molar-refractivity contribution in [2.45, 2.75) is 70.1 Å². The summed E-state index contributed by atoms with van der Waals surface area (Å²) in [7, 11) is 1.48. The van der Waals surface area contributed by atoms with Crippen LogP contribution in [0.1, 0.15) is 56.6 Å². The molecule has 8 heteroatoms. The summed E-state index contributed by atoms with van der Waals surface area (Å²) >= 11 is 0. The number of phenols is 1. The lowest BCUT2D eigenvalue weighted by molar-refractivity contribution is -0.140. The zero-order chi connectivity index (χ0) is 25.8. The summed E-state index contributed by atoms with van der Waals surface area (Å²) in [6, 6.07) is 13.7. The van der Waals surface area contributed by atoms with E-state index in [1.165, 1.54) is 7.11 Å². The number of carbonyl (C=O) groups excluding carboxylic acids is 1. The Hall–Kier alpha value is -3.10. The number of aliphatic carboxylic acids is 1. The maximum absolute atomic E-state index is 12.8. The van der Waals surface area contributed by atoms with Crippen LogP contribution in [-0.2, 0) is 16.0 Å². The van der Waals surface area contributed by atoms with Crippen LogP contribution in [0.2, 0.25) is 0 Å². The summed E-state index contributed by atoms with van der Waals surface area (Å²) < 4.78 is 5.04. The van der Waals surface area contributed by atoms with E-state index >= 15 is 0 Å². The van der Waals surface area contributed by atoms with Crippen LogP contribution in [0, 0.1) is 0 Å². The first-order valence-electron chi connectivity index (χ1n) is 12.1. The van der Waals surface area contributed by atoms with Gasteiger partial charge in [-0.3, -0.25) is 9.59 Å². The number of hydrogen-bond acceptors (Lipinski definition) is 6. The highest BCUT2D eigenvalue weighted by atomic mass is 16.5. The minimum absolute atomic E-state index is 0.0613. The molecule has 35 heavy (non-hydrogen) atoms. The maximum atomic E-state index is 12.8. The summed E-state index contributed by atoms with van der Waals surface area (Å²) in [4.78, 5) is 24.1. The number of rotatable bonds is 15. The minimum atomic E-state index is -1.08. The average Bonchev–Trinajstić information content (AvgIpc) is 2.84. The Morgan fingerprint density at radius 1 is 1.11 bits per heavy atom. The number of ether oxygens (including phenoxy) is 1. The summed E-state index contributed by atoms with van der Waals surface area (Å²) in [6.45, 7) is 4.21. The molecule has 5 N–H and O–H groups in total. The Balaban J connectivity index is 1.87. The largest absolute Gasteiger partial charge is 0.504 e. The molecule has 8 nitrogen and oxygen atoms in total. The summed E-state index contributed by atoms with van der Waals surface area (Å²) in [6.07, 6.45) is 1.50. The fourth-order valence-electron chi connectivity index (χ4n) is 4.07. The number of carboxylic acids is 1. The lowest BCUT2D eigenvalue weighted by atomic mass is 9.89. The molecule has 0 unspecified atom stereocenters. The molecule has 0 saturated heterocycles. The maximum Gasteiger partial charge on any atom is 0.305 e. The first-order valence-corrected chi connectivity index (χ1v) is 12.1. The van der Waals surface area contributed by atoms with Crippen molar-refractivity contribution in [1.82, 2.24) is 10.6 Å². The second-order valence-corrected chi connectivity index (χ2v) is 8.83. The molecule has 0 saturated carbocycles. The number of nitrogens with one attached hydrogen (secondary N) is 2. The molecule has 0 aliphatic heterocycles. The normalized spacial score (nSPS) is 14.5. The molecule has 0 aliphatic carbocycles. The van der Waals surface area contributed by atoms with Crippen LogP contribution in [0.25, 0.3) is 0 Å². The van der Waals surface area contributed by atoms with Crippen LogP contribution in [0.15, 0.2) is 48.5 Å². The third kappa shape index (κ3) is 9.22. The standard InChI is InChI=1S/C27H38N2O6/c1-4-20(21-10-6-5-7-11-21)16-23(30)18(2)29-27(34)22(17-26(32)33)28-14-8-9-19-12-13-25(35-3)24(31)15-19/h5-7,10-13,15,18,20,22-23,28,30-31H,4,8-9,14,16-17H2,1-3H3,(H,29,34)(H,32,33)/t18-,20-,22-,23-/m0/s1. The SMILES string of the molecule is CC[C@@H](C[C@H](O)[C@H](C)NC(=O)[C@H](CC(=O)O)NCCCc1ccc(OC)c(O)c1)c1ccccc1. The number of carboxylic acid groups (broad SMARTS) is 1. The Morgan fingerprint density at radius 3 is 2.43 bits per heavy atom. The van der Waals surface area contributed by atoms with Gasteiger partial charge in [-0.2, -0.15) is 0 Å². The van der Waals surface area contributed by atoms with E-state index in [9.17, 15) is 24.9 Å².